The van der Waals surface area contributed by atoms with Gasteiger partial charge in [-0.05, 0) is 30.0 Å². The second-order valence-corrected chi connectivity index (χ2v) is 7.07. The highest BCUT2D eigenvalue weighted by Gasteiger charge is 2.19. The van der Waals surface area contributed by atoms with Crippen LogP contribution in [0.2, 0.25) is 0 Å². The third kappa shape index (κ3) is 4.25. The van der Waals surface area contributed by atoms with Gasteiger partial charge in [0.25, 0.3) is 0 Å². The molecule has 0 amide bonds. The molecule has 0 radical (unpaired) electrons. The molecule has 9 heteroatoms. The van der Waals surface area contributed by atoms with Gasteiger partial charge in [0.1, 0.15) is 12.2 Å². The molecule has 1 atom stereocenters. The number of aliphatic hydroxyl groups excluding tert-OH is 1. The third-order valence-electron chi connectivity index (χ3n) is 5.32. The fourth-order valence-corrected chi connectivity index (χ4v) is 3.53. The zero-order valence-corrected chi connectivity index (χ0v) is 17.9. The lowest BCUT2D eigenvalue weighted by atomic mass is 10.0. The van der Waals surface area contributed by atoms with E-state index in [1.54, 1.807) is 21.3 Å². The quantitative estimate of drug-likeness (QED) is 0.518. The lowest BCUT2D eigenvalue weighted by Gasteiger charge is -2.16. The maximum atomic E-state index is 9.57. The number of methoxy groups -OCH3 is 3. The number of benzene rings is 1. The Balaban J connectivity index is 2.03. The maximum absolute atomic E-state index is 9.57. The van der Waals surface area contributed by atoms with Gasteiger partial charge in [0.15, 0.2) is 28.5 Å². The molecule has 0 bridgehead atoms. The van der Waals surface area contributed by atoms with E-state index in [0.717, 1.165) is 24.2 Å². The highest BCUT2D eigenvalue weighted by molar-refractivity contribution is 5.81. The summed E-state index contributed by atoms with van der Waals surface area (Å²) in [6, 6.07) is 3.81. The number of ether oxygens (including phenoxy) is 3. The number of nitrogens with two attached hydrogens (primary N) is 1. The summed E-state index contributed by atoms with van der Waals surface area (Å²) in [5, 5.41) is 9.57. The molecule has 1 unspecified atom stereocenters. The molecular weight excluding hydrogens is 386 g/mol. The molecule has 1 aromatic carbocycles. The van der Waals surface area contributed by atoms with Crippen molar-refractivity contribution in [1.82, 2.24) is 19.5 Å². The third-order valence-corrected chi connectivity index (χ3v) is 5.32. The van der Waals surface area contributed by atoms with Crippen LogP contribution in [0.15, 0.2) is 18.5 Å². The van der Waals surface area contributed by atoms with E-state index in [9.17, 15) is 5.11 Å². The Labute approximate surface area is 175 Å². The minimum Gasteiger partial charge on any atom is -0.493 e. The number of anilines is 1. The van der Waals surface area contributed by atoms with E-state index in [4.69, 9.17) is 24.9 Å². The molecule has 0 fully saturated rings. The second kappa shape index (κ2) is 9.62. The van der Waals surface area contributed by atoms with Gasteiger partial charge in [0, 0.05) is 19.6 Å². The van der Waals surface area contributed by atoms with Crippen LogP contribution in [0, 0.1) is 5.92 Å². The predicted molar refractivity (Wildman–Crippen MR) is 114 cm³/mol. The zero-order valence-electron chi connectivity index (χ0n) is 17.9. The van der Waals surface area contributed by atoms with E-state index in [0.29, 0.717) is 47.2 Å². The fraction of sp³-hybridized carbons (Fsp3) is 0.476. The summed E-state index contributed by atoms with van der Waals surface area (Å²) in [6.45, 7) is 2.90. The molecule has 9 nitrogen and oxygen atoms in total. The van der Waals surface area contributed by atoms with Crippen molar-refractivity contribution < 1.29 is 19.3 Å². The number of nitrogens with zero attached hydrogens (tertiary/aromatic N) is 4. The minimum atomic E-state index is 0.155. The molecular formula is C21H29N5O4. The number of rotatable bonds is 10. The summed E-state index contributed by atoms with van der Waals surface area (Å²) in [4.78, 5) is 13.2. The number of hydrogen-bond donors (Lipinski definition) is 2. The van der Waals surface area contributed by atoms with Gasteiger partial charge in [-0.25, -0.2) is 15.0 Å². The van der Waals surface area contributed by atoms with Crippen LogP contribution < -0.4 is 19.9 Å². The lowest BCUT2D eigenvalue weighted by Crippen LogP contribution is -2.12. The van der Waals surface area contributed by atoms with Gasteiger partial charge in [0.05, 0.1) is 21.3 Å². The van der Waals surface area contributed by atoms with Gasteiger partial charge in [0.2, 0.25) is 5.75 Å². The normalized spacial score (nSPS) is 12.2. The number of aryl methyl sites for hydroxylation is 1. The number of aliphatic hydroxyl groups is 1. The van der Waals surface area contributed by atoms with Gasteiger partial charge >= 0.3 is 0 Å². The molecule has 0 aliphatic heterocycles. The molecule has 2 heterocycles. The van der Waals surface area contributed by atoms with Crippen LogP contribution in [0.3, 0.4) is 0 Å². The molecule has 0 spiro atoms. The number of fused-ring (bicyclic) bond motifs is 1. The average Bonchev–Trinajstić information content (AvgIpc) is 3.12. The first-order chi connectivity index (χ1) is 14.6. The van der Waals surface area contributed by atoms with E-state index >= 15 is 0 Å². The first-order valence-electron chi connectivity index (χ1n) is 9.91. The highest BCUT2D eigenvalue weighted by Crippen LogP contribution is 2.38. The topological polar surface area (TPSA) is 118 Å². The van der Waals surface area contributed by atoms with Crippen LogP contribution in [-0.4, -0.2) is 52.6 Å². The Bertz CT molecular complexity index is 975. The van der Waals surface area contributed by atoms with Crippen molar-refractivity contribution in [3.05, 3.63) is 29.8 Å². The van der Waals surface area contributed by atoms with Crippen molar-refractivity contribution in [2.75, 3.05) is 33.7 Å². The van der Waals surface area contributed by atoms with Crippen molar-refractivity contribution in [3.63, 3.8) is 0 Å². The van der Waals surface area contributed by atoms with E-state index < -0.39 is 0 Å². The van der Waals surface area contributed by atoms with Crippen molar-refractivity contribution in [1.29, 1.82) is 0 Å². The monoisotopic (exact) mass is 415 g/mol. The first kappa shape index (κ1) is 21.6. The number of aromatic nitrogens is 4. The zero-order chi connectivity index (χ0) is 21.7. The number of imidazole rings is 1. The molecule has 3 aromatic rings. The number of nitrogen functional groups attached to an aromatic ring is 1. The lowest BCUT2D eigenvalue weighted by molar-refractivity contribution is 0.210. The van der Waals surface area contributed by atoms with Gasteiger partial charge in [-0.2, -0.15) is 0 Å². The van der Waals surface area contributed by atoms with Gasteiger partial charge < -0.3 is 29.6 Å². The van der Waals surface area contributed by atoms with E-state index in [1.807, 2.05) is 12.1 Å². The largest absolute Gasteiger partial charge is 0.493 e. The molecule has 3 N–H and O–H groups in total. The molecule has 0 aliphatic carbocycles. The van der Waals surface area contributed by atoms with Crippen LogP contribution in [0.25, 0.3) is 11.2 Å². The Kier molecular flexibility index (Phi) is 6.94. The summed E-state index contributed by atoms with van der Waals surface area (Å²) in [7, 11) is 4.75. The summed E-state index contributed by atoms with van der Waals surface area (Å²) in [5.41, 5.74) is 8.26. The Morgan fingerprint density at radius 1 is 1.10 bits per heavy atom. The molecule has 30 heavy (non-hydrogen) atoms. The van der Waals surface area contributed by atoms with E-state index in [1.165, 1.54) is 6.33 Å². The Hall–Kier alpha value is -3.07. The van der Waals surface area contributed by atoms with Crippen molar-refractivity contribution in [2.45, 2.75) is 32.7 Å². The van der Waals surface area contributed by atoms with Crippen molar-refractivity contribution >= 4 is 17.0 Å². The molecule has 2 aromatic heterocycles. The van der Waals surface area contributed by atoms with Crippen LogP contribution in [-0.2, 0) is 13.0 Å². The highest BCUT2D eigenvalue weighted by atomic mass is 16.5. The van der Waals surface area contributed by atoms with E-state index in [-0.39, 0.29) is 12.5 Å². The summed E-state index contributed by atoms with van der Waals surface area (Å²) in [6.07, 6.45) is 3.68. The van der Waals surface area contributed by atoms with Crippen LogP contribution in [0.4, 0.5) is 5.82 Å². The summed E-state index contributed by atoms with van der Waals surface area (Å²) in [5.74, 6) is 3.08. The standard InChI is InChI=1S/C21H29N5O4/c1-5-13(11-27)6-7-26-17(25-18-20(22)23-12-24-21(18)26)10-14-8-15(28-2)19(30-4)16(9-14)29-3/h8-9,12-13,27H,5-7,10-11H2,1-4H3,(H2,22,23,24). The summed E-state index contributed by atoms with van der Waals surface area (Å²) < 4.78 is 18.4. The average molecular weight is 415 g/mol. The van der Waals surface area contributed by atoms with Crippen molar-refractivity contribution in [2.24, 2.45) is 5.92 Å². The molecule has 162 valence electrons. The first-order valence-corrected chi connectivity index (χ1v) is 9.91. The maximum Gasteiger partial charge on any atom is 0.203 e. The predicted octanol–water partition coefficient (Wildman–Crippen LogP) is 2.43. The molecule has 0 saturated heterocycles. The smallest absolute Gasteiger partial charge is 0.203 e. The Morgan fingerprint density at radius 2 is 1.80 bits per heavy atom. The SMILES string of the molecule is CCC(CO)CCn1c(Cc2cc(OC)c(OC)c(OC)c2)nc2c(N)ncnc21. The van der Waals surface area contributed by atoms with Crippen LogP contribution in [0.1, 0.15) is 31.2 Å². The fourth-order valence-electron chi connectivity index (χ4n) is 3.53. The molecule has 0 saturated carbocycles. The van der Waals surface area contributed by atoms with Crippen LogP contribution in [0.5, 0.6) is 17.2 Å². The minimum absolute atomic E-state index is 0.155. The van der Waals surface area contributed by atoms with Gasteiger partial charge in [-0.3, -0.25) is 0 Å². The van der Waals surface area contributed by atoms with Crippen LogP contribution >= 0.6 is 0 Å². The van der Waals surface area contributed by atoms with Gasteiger partial charge in [-0.1, -0.05) is 13.3 Å². The van der Waals surface area contributed by atoms with E-state index in [2.05, 4.69) is 21.5 Å². The Morgan fingerprint density at radius 3 is 2.37 bits per heavy atom. The molecule has 0 aliphatic rings. The van der Waals surface area contributed by atoms with Gasteiger partial charge in [-0.15, -0.1) is 0 Å². The number of hydrogen-bond acceptors (Lipinski definition) is 8. The molecule has 3 rings (SSSR count). The second-order valence-electron chi connectivity index (χ2n) is 7.07. The van der Waals surface area contributed by atoms with Crippen molar-refractivity contribution in [3.8, 4) is 17.2 Å². The summed E-state index contributed by atoms with van der Waals surface area (Å²) >= 11 is 0.